The van der Waals surface area contributed by atoms with Crippen molar-refractivity contribution in [3.63, 3.8) is 0 Å². The van der Waals surface area contributed by atoms with Gasteiger partial charge in [-0.15, -0.1) is 0 Å². The molecule has 1 heterocycles. The Morgan fingerprint density at radius 3 is 1.97 bits per heavy atom. The van der Waals surface area contributed by atoms with Crippen LogP contribution in [0.5, 0.6) is 0 Å². The molecular weight excluding hydrogens is 464 g/mol. The van der Waals surface area contributed by atoms with Crippen LogP contribution in [0.2, 0.25) is 0 Å². The molecule has 8 heteroatoms. The average molecular weight is 499 g/mol. The van der Waals surface area contributed by atoms with Crippen molar-refractivity contribution in [1.29, 1.82) is 0 Å². The lowest BCUT2D eigenvalue weighted by molar-refractivity contribution is -0.326. The van der Waals surface area contributed by atoms with Crippen LogP contribution in [0.1, 0.15) is 48.0 Å². The normalized spacial score (nSPS) is 40.2. The van der Waals surface area contributed by atoms with Crippen molar-refractivity contribution in [3.8, 4) is 0 Å². The van der Waals surface area contributed by atoms with E-state index in [0.29, 0.717) is 0 Å². The molecule has 3 rings (SSSR count). The third-order valence-corrected chi connectivity index (χ3v) is 7.58. The number of allylic oxidation sites excluding steroid dienone is 9. The smallest absolute Gasteiger partial charge is 0.209 e. The van der Waals surface area contributed by atoms with Crippen LogP contribution in [0, 0.1) is 11.3 Å². The van der Waals surface area contributed by atoms with E-state index >= 15 is 0 Å². The molecule has 0 radical (unpaired) electrons. The van der Waals surface area contributed by atoms with Crippen molar-refractivity contribution < 1.29 is 39.9 Å². The third kappa shape index (κ3) is 3.55. The van der Waals surface area contributed by atoms with Crippen LogP contribution < -0.4 is 0 Å². The van der Waals surface area contributed by atoms with Crippen molar-refractivity contribution in [2.24, 2.45) is 11.3 Å². The number of fused-ring (bicyclic) bond motifs is 3. The molecular formula is C28H34O8. The van der Waals surface area contributed by atoms with Gasteiger partial charge in [-0.1, -0.05) is 36.5 Å². The number of aliphatic hydroxyl groups is 5. The van der Waals surface area contributed by atoms with Crippen LogP contribution in [0.25, 0.3) is 0 Å². The van der Waals surface area contributed by atoms with Gasteiger partial charge in [0.1, 0.15) is 28.5 Å². The van der Waals surface area contributed by atoms with Gasteiger partial charge in [0.25, 0.3) is 0 Å². The molecule has 2 aliphatic carbocycles. The standard InChI is InChI=1S/C28H34O8/c1-7-9-11-13-18(29)17-15-25(4,34)28(35)26(5,24(17)33)22-20(19(30)14-12-10-8-2)21(31)16(3)23(32)27(22,6)36-28/h7-14,22,29-31,34-35H,15H2,1-6H3/b9-7+,10-8+,13-11+,14-12+,18-17+,20-19-/t22-,25+,26-,27+,28+/m1/s1. The van der Waals surface area contributed by atoms with Gasteiger partial charge in [-0.25, -0.2) is 0 Å². The highest BCUT2D eigenvalue weighted by Crippen LogP contribution is 2.67. The van der Waals surface area contributed by atoms with Crippen LogP contribution in [-0.4, -0.2) is 54.1 Å². The van der Waals surface area contributed by atoms with E-state index in [0.717, 1.165) is 0 Å². The molecule has 1 saturated heterocycles. The molecule has 0 unspecified atom stereocenters. The Morgan fingerprint density at radius 2 is 1.44 bits per heavy atom. The number of carbonyl (C=O) groups is 2. The summed E-state index contributed by atoms with van der Waals surface area (Å²) in [5, 5.41) is 56.1. The van der Waals surface area contributed by atoms with Gasteiger partial charge < -0.3 is 30.3 Å². The zero-order chi connectivity index (χ0) is 27.3. The van der Waals surface area contributed by atoms with Gasteiger partial charge >= 0.3 is 0 Å². The fraction of sp³-hybridized carbons (Fsp3) is 0.429. The second-order valence-electron chi connectivity index (χ2n) is 10.0. The number of aliphatic hydroxyl groups excluding tert-OH is 3. The van der Waals surface area contributed by atoms with Crippen molar-refractivity contribution in [3.05, 3.63) is 82.6 Å². The zero-order valence-electron chi connectivity index (χ0n) is 21.4. The number of carbonyl (C=O) groups excluding carboxylic acids is 2. The Morgan fingerprint density at radius 1 is 0.917 bits per heavy atom. The van der Waals surface area contributed by atoms with Crippen LogP contribution in [-0.2, 0) is 14.3 Å². The van der Waals surface area contributed by atoms with Gasteiger partial charge in [0.2, 0.25) is 5.79 Å². The summed E-state index contributed by atoms with van der Waals surface area (Å²) in [6, 6.07) is 0. The van der Waals surface area contributed by atoms with Crippen molar-refractivity contribution in [1.82, 2.24) is 0 Å². The fourth-order valence-electron chi connectivity index (χ4n) is 5.77. The molecule has 0 aromatic heterocycles. The number of rotatable bonds is 4. The maximum absolute atomic E-state index is 14.1. The maximum atomic E-state index is 14.1. The Bertz CT molecular complexity index is 1210. The largest absolute Gasteiger partial charge is 0.508 e. The average Bonchev–Trinajstić information content (AvgIpc) is 3.01. The van der Waals surface area contributed by atoms with Gasteiger partial charge in [-0.05, 0) is 53.7 Å². The first kappa shape index (κ1) is 27.4. The first-order valence-electron chi connectivity index (χ1n) is 11.7. The third-order valence-electron chi connectivity index (χ3n) is 7.58. The van der Waals surface area contributed by atoms with E-state index < -0.39 is 63.6 Å². The molecule has 3 aliphatic rings. The predicted molar refractivity (Wildman–Crippen MR) is 134 cm³/mol. The van der Waals surface area contributed by atoms with Crippen molar-refractivity contribution in [2.75, 3.05) is 0 Å². The van der Waals surface area contributed by atoms with E-state index in [4.69, 9.17) is 4.74 Å². The minimum absolute atomic E-state index is 0.124. The summed E-state index contributed by atoms with van der Waals surface area (Å²) >= 11 is 0. The van der Waals surface area contributed by atoms with E-state index in [2.05, 4.69) is 0 Å². The summed E-state index contributed by atoms with van der Waals surface area (Å²) in [5.41, 5.74) is -6.64. The van der Waals surface area contributed by atoms with E-state index in [1.54, 1.807) is 38.2 Å². The van der Waals surface area contributed by atoms with Crippen LogP contribution in [0.15, 0.2) is 82.6 Å². The first-order chi connectivity index (χ1) is 16.7. The molecule has 5 N–H and O–H groups in total. The van der Waals surface area contributed by atoms with E-state index in [1.165, 1.54) is 52.0 Å². The predicted octanol–water partition coefficient (Wildman–Crippen LogP) is 4.11. The van der Waals surface area contributed by atoms with Gasteiger partial charge in [0.15, 0.2) is 11.6 Å². The summed E-state index contributed by atoms with van der Waals surface area (Å²) in [6.45, 7) is 8.82. The molecule has 0 aromatic carbocycles. The van der Waals surface area contributed by atoms with Crippen LogP contribution >= 0.6 is 0 Å². The molecule has 5 atom stereocenters. The molecule has 2 fully saturated rings. The number of hydrogen-bond donors (Lipinski definition) is 5. The number of Topliss-reactive ketones (excluding diaryl/α,β-unsaturated/α-hetero) is 2. The first-order valence-corrected chi connectivity index (χ1v) is 11.7. The lowest BCUT2D eigenvalue weighted by Crippen LogP contribution is -2.68. The highest BCUT2D eigenvalue weighted by atomic mass is 16.7. The van der Waals surface area contributed by atoms with Gasteiger partial charge in [-0.3, -0.25) is 9.59 Å². The zero-order valence-corrected chi connectivity index (χ0v) is 21.4. The topological polar surface area (TPSA) is 145 Å². The number of hydrogen-bond acceptors (Lipinski definition) is 8. The summed E-state index contributed by atoms with van der Waals surface area (Å²) in [6.07, 6.45) is 11.8. The van der Waals surface area contributed by atoms with Gasteiger partial charge in [-0.2, -0.15) is 0 Å². The van der Waals surface area contributed by atoms with E-state index in [9.17, 15) is 35.1 Å². The Kier molecular flexibility index (Phi) is 6.87. The van der Waals surface area contributed by atoms with Crippen LogP contribution in [0.3, 0.4) is 0 Å². The van der Waals surface area contributed by atoms with Crippen LogP contribution in [0.4, 0.5) is 0 Å². The molecule has 1 saturated carbocycles. The quantitative estimate of drug-likeness (QED) is 0.221. The second-order valence-corrected chi connectivity index (χ2v) is 10.0. The Labute approximate surface area is 210 Å². The molecule has 0 spiro atoms. The maximum Gasteiger partial charge on any atom is 0.209 e. The summed E-state index contributed by atoms with van der Waals surface area (Å²) in [4.78, 5) is 27.5. The Hall–Kier alpha value is -3.20. The molecule has 0 amide bonds. The SMILES string of the molecule is C/C=C/C=C/C(O)=C1/C[C@](C)(O)[C@]2(O)O[C@]3(C)C(=O)C(C)=C(O)\C(=C(O)/C=C/C=C/C)[C@@H]3[C@]2(C)C1=O. The monoisotopic (exact) mass is 498 g/mol. The minimum atomic E-state index is -2.60. The summed E-state index contributed by atoms with van der Waals surface area (Å²) in [7, 11) is 0. The molecule has 0 bridgehead atoms. The number of ketones is 2. The molecule has 36 heavy (non-hydrogen) atoms. The highest BCUT2D eigenvalue weighted by molar-refractivity contribution is 6.09. The van der Waals surface area contributed by atoms with E-state index in [1.807, 2.05) is 0 Å². The molecule has 1 aliphatic heterocycles. The summed E-state index contributed by atoms with van der Waals surface area (Å²) in [5.74, 6) is -6.90. The summed E-state index contributed by atoms with van der Waals surface area (Å²) < 4.78 is 5.97. The molecule has 8 nitrogen and oxygen atoms in total. The lowest BCUT2D eigenvalue weighted by atomic mass is 9.52. The van der Waals surface area contributed by atoms with Gasteiger partial charge in [0.05, 0.1) is 5.41 Å². The van der Waals surface area contributed by atoms with Crippen molar-refractivity contribution in [2.45, 2.75) is 65.0 Å². The molecule has 0 aromatic rings. The minimum Gasteiger partial charge on any atom is -0.508 e. The molecule has 194 valence electrons. The highest BCUT2D eigenvalue weighted by Gasteiger charge is 2.81. The second kappa shape index (κ2) is 9.03. The fourth-order valence-corrected chi connectivity index (χ4v) is 5.77. The number of ether oxygens (including phenoxy) is 1. The van der Waals surface area contributed by atoms with E-state index in [-0.39, 0.29) is 16.7 Å². The Balaban J connectivity index is 2.41. The van der Waals surface area contributed by atoms with Gasteiger partial charge in [0, 0.05) is 29.1 Å². The van der Waals surface area contributed by atoms with Crippen molar-refractivity contribution >= 4 is 11.6 Å². The lowest BCUT2D eigenvalue weighted by Gasteiger charge is -2.51.